The average molecular weight is 216 g/mol. The summed E-state index contributed by atoms with van der Waals surface area (Å²) >= 11 is 3.32. The van der Waals surface area contributed by atoms with Crippen molar-refractivity contribution in [1.29, 1.82) is 0 Å². The van der Waals surface area contributed by atoms with Gasteiger partial charge >= 0.3 is 0 Å². The Morgan fingerprint density at radius 1 is 1.73 bits per heavy atom. The molecule has 0 aromatic carbocycles. The second-order valence-electron chi connectivity index (χ2n) is 2.86. The van der Waals surface area contributed by atoms with Crippen molar-refractivity contribution in [2.24, 2.45) is 0 Å². The summed E-state index contributed by atoms with van der Waals surface area (Å²) in [4.78, 5) is 0. The van der Waals surface area contributed by atoms with Crippen LogP contribution in [0.4, 0.5) is 0 Å². The lowest BCUT2D eigenvalue weighted by molar-refractivity contribution is 0.547. The van der Waals surface area contributed by atoms with Gasteiger partial charge in [-0.3, -0.25) is 0 Å². The molecule has 0 heterocycles. The molecule has 1 unspecified atom stereocenters. The molecule has 0 aromatic rings. The van der Waals surface area contributed by atoms with Crippen LogP contribution in [0, 0.1) is 0 Å². The van der Waals surface area contributed by atoms with Crippen molar-refractivity contribution in [3.63, 3.8) is 0 Å². The predicted molar refractivity (Wildman–Crippen MR) is 52.8 cm³/mol. The van der Waals surface area contributed by atoms with E-state index < -0.39 is 0 Å². The predicted octanol–water partition coefficient (Wildman–Crippen LogP) is 2.59. The van der Waals surface area contributed by atoms with Gasteiger partial charge in [-0.2, -0.15) is 0 Å². The maximum atomic E-state index is 3.77. The molecule has 0 fully saturated rings. The maximum Gasteiger partial charge on any atom is 0.0271 e. The van der Waals surface area contributed by atoms with E-state index in [-0.39, 0.29) is 0 Å². The first-order chi connectivity index (χ1) is 5.29. The van der Waals surface area contributed by atoms with E-state index >= 15 is 0 Å². The summed E-state index contributed by atoms with van der Waals surface area (Å²) in [7, 11) is 0. The molecular weight excluding hydrogens is 202 g/mol. The quantitative estimate of drug-likeness (QED) is 0.715. The van der Waals surface area contributed by atoms with Gasteiger partial charge in [0.25, 0.3) is 0 Å². The van der Waals surface area contributed by atoms with Gasteiger partial charge in [-0.25, -0.2) is 0 Å². The molecule has 2 heteroatoms. The summed E-state index contributed by atoms with van der Waals surface area (Å²) in [5, 5.41) is 3.39. The zero-order valence-corrected chi connectivity index (χ0v) is 8.23. The second-order valence-corrected chi connectivity index (χ2v) is 3.99. The van der Waals surface area contributed by atoms with Crippen LogP contribution in [0.15, 0.2) is 23.2 Å². The summed E-state index contributed by atoms with van der Waals surface area (Å²) in [6.45, 7) is 4.64. The molecule has 0 aliphatic heterocycles. The molecule has 0 saturated carbocycles. The molecule has 1 N–H and O–H groups in total. The molecule has 0 radical (unpaired) electrons. The summed E-state index contributed by atoms with van der Waals surface area (Å²) in [5.74, 6) is 0. The SMILES string of the molecule is C=C(Br)CNC1C=CCCC1. The van der Waals surface area contributed by atoms with E-state index in [2.05, 4.69) is 40.0 Å². The highest BCUT2D eigenvalue weighted by atomic mass is 79.9. The Balaban J connectivity index is 2.20. The molecule has 0 saturated heterocycles. The van der Waals surface area contributed by atoms with Crippen molar-refractivity contribution < 1.29 is 0 Å². The van der Waals surface area contributed by atoms with Crippen LogP contribution in [0.2, 0.25) is 0 Å². The van der Waals surface area contributed by atoms with Crippen LogP contribution in [0.25, 0.3) is 0 Å². The number of allylic oxidation sites excluding steroid dienone is 1. The van der Waals surface area contributed by atoms with Crippen LogP contribution >= 0.6 is 15.9 Å². The largest absolute Gasteiger partial charge is 0.306 e. The molecule has 1 rings (SSSR count). The molecule has 1 aliphatic rings. The summed E-state index contributed by atoms with van der Waals surface area (Å²) in [6, 6.07) is 0.568. The normalized spacial score (nSPS) is 23.5. The van der Waals surface area contributed by atoms with Crippen molar-refractivity contribution in [2.45, 2.75) is 25.3 Å². The molecule has 0 spiro atoms. The molecule has 0 bridgehead atoms. The van der Waals surface area contributed by atoms with E-state index in [1.165, 1.54) is 19.3 Å². The zero-order valence-electron chi connectivity index (χ0n) is 6.65. The van der Waals surface area contributed by atoms with Crippen LogP contribution in [-0.4, -0.2) is 12.6 Å². The molecule has 0 amide bonds. The third kappa shape index (κ3) is 3.73. The minimum Gasteiger partial charge on any atom is -0.306 e. The fraction of sp³-hybridized carbons (Fsp3) is 0.556. The van der Waals surface area contributed by atoms with E-state index in [4.69, 9.17) is 0 Å². The number of nitrogens with one attached hydrogen (secondary N) is 1. The summed E-state index contributed by atoms with van der Waals surface area (Å²) in [6.07, 6.45) is 8.31. The Hall–Kier alpha value is -0.0800. The smallest absolute Gasteiger partial charge is 0.0271 e. The van der Waals surface area contributed by atoms with E-state index in [1.807, 2.05) is 0 Å². The van der Waals surface area contributed by atoms with Crippen molar-refractivity contribution in [3.8, 4) is 0 Å². The van der Waals surface area contributed by atoms with E-state index in [0.717, 1.165) is 11.0 Å². The Morgan fingerprint density at radius 3 is 3.09 bits per heavy atom. The third-order valence-corrected chi connectivity index (χ3v) is 2.09. The summed E-state index contributed by atoms with van der Waals surface area (Å²) < 4.78 is 1.02. The fourth-order valence-corrected chi connectivity index (χ4v) is 1.39. The first kappa shape index (κ1) is 9.01. The fourth-order valence-electron chi connectivity index (χ4n) is 1.22. The van der Waals surface area contributed by atoms with Gasteiger partial charge < -0.3 is 5.32 Å². The molecule has 1 atom stereocenters. The van der Waals surface area contributed by atoms with Gasteiger partial charge in [0, 0.05) is 17.1 Å². The first-order valence-corrected chi connectivity index (χ1v) is 4.81. The lowest BCUT2D eigenvalue weighted by Gasteiger charge is -2.17. The Labute approximate surface area is 76.7 Å². The van der Waals surface area contributed by atoms with Gasteiger partial charge in [0.05, 0.1) is 0 Å². The van der Waals surface area contributed by atoms with Crippen LogP contribution in [0.5, 0.6) is 0 Å². The van der Waals surface area contributed by atoms with Gasteiger partial charge in [-0.15, -0.1) is 0 Å². The lowest BCUT2D eigenvalue weighted by atomic mass is 10.0. The Kier molecular flexibility index (Phi) is 3.87. The van der Waals surface area contributed by atoms with Gasteiger partial charge in [0.1, 0.15) is 0 Å². The number of hydrogen-bond donors (Lipinski definition) is 1. The standard InChI is InChI=1S/C9H14BrN/c1-8(10)7-11-9-5-3-2-4-6-9/h3,5,9,11H,1-2,4,6-7H2. The van der Waals surface area contributed by atoms with Crippen molar-refractivity contribution in [3.05, 3.63) is 23.2 Å². The van der Waals surface area contributed by atoms with Gasteiger partial charge in [-0.05, 0) is 19.3 Å². The zero-order chi connectivity index (χ0) is 8.10. The van der Waals surface area contributed by atoms with E-state index in [1.54, 1.807) is 0 Å². The van der Waals surface area contributed by atoms with Gasteiger partial charge in [-0.1, -0.05) is 34.7 Å². The van der Waals surface area contributed by atoms with Crippen molar-refractivity contribution in [2.75, 3.05) is 6.54 Å². The molecule has 1 nitrogen and oxygen atoms in total. The monoisotopic (exact) mass is 215 g/mol. The molecule has 11 heavy (non-hydrogen) atoms. The molecule has 62 valence electrons. The van der Waals surface area contributed by atoms with Gasteiger partial charge in [0.2, 0.25) is 0 Å². The van der Waals surface area contributed by atoms with E-state index in [0.29, 0.717) is 6.04 Å². The highest BCUT2D eigenvalue weighted by Gasteiger charge is 2.06. The Bertz CT molecular complexity index is 163. The lowest BCUT2D eigenvalue weighted by Crippen LogP contribution is -2.29. The van der Waals surface area contributed by atoms with Crippen molar-refractivity contribution >= 4 is 15.9 Å². The first-order valence-electron chi connectivity index (χ1n) is 4.02. The number of rotatable bonds is 3. The van der Waals surface area contributed by atoms with Crippen LogP contribution in [-0.2, 0) is 0 Å². The molecule has 1 aliphatic carbocycles. The second kappa shape index (κ2) is 4.73. The van der Waals surface area contributed by atoms with Gasteiger partial charge in [0.15, 0.2) is 0 Å². The molecular formula is C9H14BrN. The highest BCUT2D eigenvalue weighted by Crippen LogP contribution is 2.10. The molecule has 0 aromatic heterocycles. The number of halogens is 1. The Morgan fingerprint density at radius 2 is 2.55 bits per heavy atom. The van der Waals surface area contributed by atoms with Crippen LogP contribution in [0.3, 0.4) is 0 Å². The third-order valence-electron chi connectivity index (χ3n) is 1.81. The summed E-state index contributed by atoms with van der Waals surface area (Å²) in [5.41, 5.74) is 0. The minimum absolute atomic E-state index is 0.568. The highest BCUT2D eigenvalue weighted by molar-refractivity contribution is 9.11. The van der Waals surface area contributed by atoms with E-state index in [9.17, 15) is 0 Å². The number of hydrogen-bond acceptors (Lipinski definition) is 1. The van der Waals surface area contributed by atoms with Crippen LogP contribution < -0.4 is 5.32 Å². The topological polar surface area (TPSA) is 12.0 Å². The maximum absolute atomic E-state index is 3.77. The average Bonchev–Trinajstić information content (AvgIpc) is 2.03. The minimum atomic E-state index is 0.568. The van der Waals surface area contributed by atoms with Crippen LogP contribution in [0.1, 0.15) is 19.3 Å². The van der Waals surface area contributed by atoms with Crippen molar-refractivity contribution in [1.82, 2.24) is 5.32 Å².